The van der Waals surface area contributed by atoms with Crippen molar-refractivity contribution in [2.75, 3.05) is 17.4 Å². The van der Waals surface area contributed by atoms with Gasteiger partial charge in [0.2, 0.25) is 5.91 Å². The molecule has 4 rings (SSSR count). The van der Waals surface area contributed by atoms with Gasteiger partial charge in [-0.25, -0.2) is 8.42 Å². The lowest BCUT2D eigenvalue weighted by molar-refractivity contribution is -0.376. The number of aliphatic hydroxyl groups excluding tert-OH is 2. The first-order valence-corrected chi connectivity index (χ1v) is 13.6. The number of hydrogen-bond acceptors (Lipinski definition) is 6. The standard InChI is InChI=1S/C25H26F6N2O6S/c1-14-2-7-18(8-3-14)40(38,39)33-17(11-22(36)32-12-20(34)21(35)13-32)6-4-15-10-16(5-9-19(15)33)23(37,24(26,27)28)25(29,30)31/h2-3,5,7-10,17,20-21,34-35,37H,4,6,11-13H2,1H3. The van der Waals surface area contributed by atoms with Gasteiger partial charge in [-0.15, -0.1) is 0 Å². The molecule has 0 aliphatic carbocycles. The van der Waals surface area contributed by atoms with E-state index in [0.717, 1.165) is 20.8 Å². The zero-order valence-corrected chi connectivity index (χ0v) is 21.8. The third-order valence-electron chi connectivity index (χ3n) is 7.23. The maximum atomic E-state index is 13.8. The van der Waals surface area contributed by atoms with E-state index in [1.54, 1.807) is 6.92 Å². The van der Waals surface area contributed by atoms with E-state index in [0.29, 0.717) is 12.1 Å². The van der Waals surface area contributed by atoms with Gasteiger partial charge < -0.3 is 20.2 Å². The third kappa shape index (κ3) is 5.15. The summed E-state index contributed by atoms with van der Waals surface area (Å²) in [6.07, 6.45) is -15.4. The van der Waals surface area contributed by atoms with Crippen LogP contribution in [0.4, 0.5) is 32.0 Å². The quantitative estimate of drug-likeness (QED) is 0.457. The number of amides is 1. The van der Waals surface area contributed by atoms with Gasteiger partial charge in [-0.3, -0.25) is 9.10 Å². The SMILES string of the molecule is Cc1ccc(S(=O)(=O)N2c3ccc(C(O)(C(F)(F)F)C(F)(F)F)cc3CCC2CC(=O)N2CC(O)C(O)C2)cc1. The van der Waals surface area contributed by atoms with Gasteiger partial charge in [0.25, 0.3) is 15.6 Å². The number of anilines is 1. The Hall–Kier alpha value is -2.88. The number of carbonyl (C=O) groups excluding carboxylic acids is 1. The van der Waals surface area contributed by atoms with Crippen molar-refractivity contribution in [3.8, 4) is 0 Å². The lowest BCUT2D eigenvalue weighted by Crippen LogP contribution is -2.54. The molecule has 3 atom stereocenters. The highest BCUT2D eigenvalue weighted by Crippen LogP contribution is 2.51. The normalized spacial score (nSPS) is 22.4. The summed E-state index contributed by atoms with van der Waals surface area (Å²) >= 11 is 0. The number of sulfonamides is 1. The Balaban J connectivity index is 1.80. The Bertz CT molecular complexity index is 1360. The van der Waals surface area contributed by atoms with E-state index >= 15 is 0 Å². The van der Waals surface area contributed by atoms with Crippen molar-refractivity contribution in [3.63, 3.8) is 0 Å². The van der Waals surface area contributed by atoms with Gasteiger partial charge in [-0.1, -0.05) is 29.8 Å². The summed E-state index contributed by atoms with van der Waals surface area (Å²) in [6.45, 7) is 1.33. The van der Waals surface area contributed by atoms with E-state index in [-0.39, 0.29) is 42.1 Å². The first-order valence-electron chi connectivity index (χ1n) is 12.1. The number of rotatable bonds is 5. The molecule has 40 heavy (non-hydrogen) atoms. The number of β-amino-alcohol motifs (C(OH)–C–C–N with tert-alkyl or cyclic N) is 2. The molecule has 15 heteroatoms. The summed E-state index contributed by atoms with van der Waals surface area (Å²) in [5.74, 6) is -0.603. The van der Waals surface area contributed by atoms with E-state index in [1.165, 1.54) is 24.3 Å². The number of carbonyl (C=O) groups is 1. The van der Waals surface area contributed by atoms with Gasteiger partial charge in [0.1, 0.15) is 0 Å². The number of aliphatic hydroxyl groups is 3. The van der Waals surface area contributed by atoms with Crippen LogP contribution >= 0.6 is 0 Å². The van der Waals surface area contributed by atoms with Gasteiger partial charge >= 0.3 is 12.4 Å². The number of benzene rings is 2. The zero-order chi connectivity index (χ0) is 29.8. The van der Waals surface area contributed by atoms with Gasteiger partial charge in [0, 0.05) is 25.1 Å². The predicted molar refractivity (Wildman–Crippen MR) is 129 cm³/mol. The maximum absolute atomic E-state index is 13.8. The number of nitrogens with zero attached hydrogens (tertiary/aromatic N) is 2. The van der Waals surface area contributed by atoms with Crippen LogP contribution in [0, 0.1) is 6.92 Å². The summed E-state index contributed by atoms with van der Waals surface area (Å²) in [5.41, 5.74) is -6.43. The molecule has 8 nitrogen and oxygen atoms in total. The molecular weight excluding hydrogens is 570 g/mol. The van der Waals surface area contributed by atoms with Crippen LogP contribution in [-0.2, 0) is 26.8 Å². The van der Waals surface area contributed by atoms with Gasteiger partial charge in [0.05, 0.1) is 28.8 Å². The van der Waals surface area contributed by atoms with Crippen LogP contribution in [0.15, 0.2) is 47.4 Å². The fourth-order valence-corrected chi connectivity index (χ4v) is 6.70. The topological polar surface area (TPSA) is 118 Å². The first kappa shape index (κ1) is 30.1. The molecule has 220 valence electrons. The minimum Gasteiger partial charge on any atom is -0.388 e. The van der Waals surface area contributed by atoms with Crippen LogP contribution < -0.4 is 4.31 Å². The fraction of sp³-hybridized carbons (Fsp3) is 0.480. The number of fused-ring (bicyclic) bond motifs is 1. The van der Waals surface area contributed by atoms with E-state index < -0.39 is 64.1 Å². The van der Waals surface area contributed by atoms with Crippen molar-refractivity contribution >= 4 is 21.6 Å². The Kier molecular flexibility index (Phi) is 7.67. The fourth-order valence-electron chi connectivity index (χ4n) is 4.99. The smallest absolute Gasteiger partial charge is 0.388 e. The molecule has 0 bridgehead atoms. The summed E-state index contributed by atoms with van der Waals surface area (Å²) in [5, 5.41) is 29.4. The van der Waals surface area contributed by atoms with Crippen molar-refractivity contribution in [2.45, 2.75) is 67.3 Å². The van der Waals surface area contributed by atoms with Crippen molar-refractivity contribution in [1.29, 1.82) is 0 Å². The summed E-state index contributed by atoms with van der Waals surface area (Å²) in [6, 6.07) is 6.10. The van der Waals surface area contributed by atoms with Gasteiger partial charge in [-0.05, 0) is 43.5 Å². The van der Waals surface area contributed by atoms with Crippen molar-refractivity contribution in [3.05, 3.63) is 59.2 Å². The van der Waals surface area contributed by atoms with E-state index in [2.05, 4.69) is 0 Å². The Morgan fingerprint density at radius 2 is 1.50 bits per heavy atom. The molecule has 2 aliphatic heterocycles. The molecule has 0 spiro atoms. The van der Waals surface area contributed by atoms with E-state index in [1.807, 2.05) is 0 Å². The van der Waals surface area contributed by atoms with Crippen molar-refractivity contribution < 1.29 is 54.9 Å². The summed E-state index contributed by atoms with van der Waals surface area (Å²) in [4.78, 5) is 13.9. The van der Waals surface area contributed by atoms with Crippen LogP contribution in [0.2, 0.25) is 0 Å². The molecule has 0 saturated carbocycles. The number of halogens is 6. The van der Waals surface area contributed by atoms with Crippen LogP contribution in [0.1, 0.15) is 29.5 Å². The minimum atomic E-state index is -6.12. The van der Waals surface area contributed by atoms with Crippen molar-refractivity contribution in [2.24, 2.45) is 0 Å². The Morgan fingerprint density at radius 1 is 0.950 bits per heavy atom. The van der Waals surface area contributed by atoms with Crippen LogP contribution in [-0.4, -0.2) is 78.2 Å². The highest BCUT2D eigenvalue weighted by Gasteiger charge is 2.71. The highest BCUT2D eigenvalue weighted by molar-refractivity contribution is 7.92. The molecule has 1 saturated heterocycles. The molecule has 2 aromatic rings. The minimum absolute atomic E-state index is 0.150. The molecule has 2 aliphatic rings. The lowest BCUT2D eigenvalue weighted by atomic mass is 9.87. The first-order chi connectivity index (χ1) is 18.4. The van der Waals surface area contributed by atoms with E-state index in [4.69, 9.17) is 0 Å². The molecule has 3 N–H and O–H groups in total. The molecule has 1 fully saturated rings. The monoisotopic (exact) mass is 596 g/mol. The van der Waals surface area contributed by atoms with Gasteiger partial charge in [0.15, 0.2) is 0 Å². The summed E-state index contributed by atoms with van der Waals surface area (Å²) < 4.78 is 109. The Morgan fingerprint density at radius 3 is 2.02 bits per heavy atom. The second-order valence-electron chi connectivity index (χ2n) is 9.99. The predicted octanol–water partition coefficient (Wildman–Crippen LogP) is 2.77. The summed E-state index contributed by atoms with van der Waals surface area (Å²) in [7, 11) is -4.48. The molecule has 2 aromatic carbocycles. The lowest BCUT2D eigenvalue weighted by Gasteiger charge is -2.39. The third-order valence-corrected chi connectivity index (χ3v) is 9.11. The highest BCUT2D eigenvalue weighted by atomic mass is 32.2. The van der Waals surface area contributed by atoms with Crippen LogP contribution in [0.5, 0.6) is 0 Å². The molecular formula is C25H26F6N2O6S. The Labute approximate surface area is 225 Å². The van der Waals surface area contributed by atoms with Crippen LogP contribution in [0.3, 0.4) is 0 Å². The number of aryl methyl sites for hydroxylation is 2. The largest absolute Gasteiger partial charge is 0.430 e. The zero-order valence-electron chi connectivity index (χ0n) is 20.9. The molecule has 3 unspecified atom stereocenters. The second kappa shape index (κ2) is 10.2. The van der Waals surface area contributed by atoms with Crippen LogP contribution in [0.25, 0.3) is 0 Å². The average molecular weight is 597 g/mol. The van der Waals surface area contributed by atoms with Gasteiger partial charge in [-0.2, -0.15) is 26.3 Å². The number of likely N-dealkylation sites (tertiary alicyclic amines) is 1. The average Bonchev–Trinajstić information content (AvgIpc) is 3.20. The molecule has 0 radical (unpaired) electrons. The molecule has 2 heterocycles. The van der Waals surface area contributed by atoms with Crippen molar-refractivity contribution in [1.82, 2.24) is 4.90 Å². The van der Waals surface area contributed by atoms with E-state index in [9.17, 15) is 54.9 Å². The number of hydrogen-bond donors (Lipinski definition) is 3. The second-order valence-corrected chi connectivity index (χ2v) is 11.8. The maximum Gasteiger partial charge on any atom is 0.430 e. The molecule has 0 aromatic heterocycles. The number of alkyl halides is 6. The molecule has 1 amide bonds.